The summed E-state index contributed by atoms with van der Waals surface area (Å²) in [4.78, 5) is -0.0703. The molecule has 1 atom stereocenters. The SMILES string of the molecule is CC1CN(S(=O)(=O)c2cc(N)cc(F)c2)CCS1. The third-order valence-corrected chi connectivity index (χ3v) is 5.71. The molecule has 0 aliphatic carbocycles. The van der Waals surface area contributed by atoms with Gasteiger partial charge in [-0.05, 0) is 18.2 Å². The van der Waals surface area contributed by atoms with E-state index >= 15 is 0 Å². The van der Waals surface area contributed by atoms with Gasteiger partial charge in [0.2, 0.25) is 10.0 Å². The van der Waals surface area contributed by atoms with Gasteiger partial charge in [0.05, 0.1) is 4.90 Å². The molecule has 0 bridgehead atoms. The van der Waals surface area contributed by atoms with Crippen LogP contribution in [0.3, 0.4) is 0 Å². The van der Waals surface area contributed by atoms with Gasteiger partial charge >= 0.3 is 0 Å². The molecule has 1 aliphatic heterocycles. The van der Waals surface area contributed by atoms with Crippen LogP contribution in [0.4, 0.5) is 10.1 Å². The molecule has 100 valence electrons. The van der Waals surface area contributed by atoms with Gasteiger partial charge in [0.25, 0.3) is 0 Å². The first-order chi connectivity index (χ1) is 8.39. The van der Waals surface area contributed by atoms with Gasteiger partial charge in [0.1, 0.15) is 5.82 Å². The average molecular weight is 290 g/mol. The topological polar surface area (TPSA) is 63.4 Å². The molecule has 0 aromatic heterocycles. The molecule has 1 saturated heterocycles. The maximum Gasteiger partial charge on any atom is 0.243 e. The molecule has 0 spiro atoms. The van der Waals surface area contributed by atoms with Crippen LogP contribution >= 0.6 is 11.8 Å². The zero-order valence-corrected chi connectivity index (χ0v) is 11.6. The van der Waals surface area contributed by atoms with E-state index in [0.29, 0.717) is 13.1 Å². The second-order valence-corrected chi connectivity index (χ2v) is 7.75. The molecule has 1 unspecified atom stereocenters. The quantitative estimate of drug-likeness (QED) is 0.839. The summed E-state index contributed by atoms with van der Waals surface area (Å²) in [6.07, 6.45) is 0. The Bertz CT molecular complexity index is 528. The molecule has 1 aliphatic rings. The van der Waals surface area contributed by atoms with Gasteiger partial charge < -0.3 is 5.73 Å². The number of thioether (sulfide) groups is 1. The normalized spacial score (nSPS) is 22.0. The van der Waals surface area contributed by atoms with Crippen molar-refractivity contribution in [1.29, 1.82) is 0 Å². The van der Waals surface area contributed by atoms with Crippen LogP contribution < -0.4 is 5.73 Å². The molecular formula is C11H15FN2O2S2. The number of rotatable bonds is 2. The highest BCUT2D eigenvalue weighted by Crippen LogP contribution is 2.25. The molecule has 0 radical (unpaired) electrons. The Morgan fingerprint density at radius 1 is 1.44 bits per heavy atom. The van der Waals surface area contributed by atoms with Gasteiger partial charge in [0.15, 0.2) is 0 Å². The summed E-state index contributed by atoms with van der Waals surface area (Å²) in [5, 5.41) is 0.249. The summed E-state index contributed by atoms with van der Waals surface area (Å²) in [5.41, 5.74) is 5.60. The Balaban J connectivity index is 2.35. The summed E-state index contributed by atoms with van der Waals surface area (Å²) < 4.78 is 39.3. The van der Waals surface area contributed by atoms with Crippen molar-refractivity contribution < 1.29 is 12.8 Å². The Labute approximate surface area is 110 Å². The lowest BCUT2D eigenvalue weighted by Gasteiger charge is -2.29. The molecule has 1 heterocycles. The van der Waals surface area contributed by atoms with E-state index in [1.807, 2.05) is 6.92 Å². The number of hydrogen-bond acceptors (Lipinski definition) is 4. The maximum absolute atomic E-state index is 13.2. The van der Waals surface area contributed by atoms with Crippen LogP contribution in [0.2, 0.25) is 0 Å². The fraction of sp³-hybridized carbons (Fsp3) is 0.455. The van der Waals surface area contributed by atoms with Crippen LogP contribution in [0, 0.1) is 5.82 Å². The lowest BCUT2D eigenvalue weighted by atomic mass is 10.3. The highest BCUT2D eigenvalue weighted by atomic mass is 32.2. The van der Waals surface area contributed by atoms with E-state index in [0.717, 1.165) is 17.9 Å². The van der Waals surface area contributed by atoms with E-state index in [1.54, 1.807) is 11.8 Å². The second kappa shape index (κ2) is 5.07. The van der Waals surface area contributed by atoms with Crippen LogP contribution in [-0.4, -0.2) is 36.8 Å². The van der Waals surface area contributed by atoms with Gasteiger partial charge in [-0.3, -0.25) is 0 Å². The number of nitrogen functional groups attached to an aromatic ring is 1. The Hall–Kier alpha value is -0.790. The first-order valence-electron chi connectivity index (χ1n) is 5.57. The molecule has 2 N–H and O–H groups in total. The molecule has 0 amide bonds. The second-order valence-electron chi connectivity index (χ2n) is 4.26. The number of anilines is 1. The lowest BCUT2D eigenvalue weighted by Crippen LogP contribution is -2.40. The Kier molecular flexibility index (Phi) is 3.84. The van der Waals surface area contributed by atoms with Crippen molar-refractivity contribution in [2.24, 2.45) is 0 Å². The van der Waals surface area contributed by atoms with E-state index in [4.69, 9.17) is 5.73 Å². The molecule has 1 aromatic rings. The number of hydrogen-bond donors (Lipinski definition) is 1. The zero-order chi connectivity index (χ0) is 13.3. The first-order valence-corrected chi connectivity index (χ1v) is 8.06. The minimum absolute atomic E-state index is 0.0703. The highest BCUT2D eigenvalue weighted by molar-refractivity contribution is 8.00. The third kappa shape index (κ3) is 2.78. The monoisotopic (exact) mass is 290 g/mol. The molecule has 1 fully saturated rings. The predicted molar refractivity (Wildman–Crippen MR) is 71.5 cm³/mol. The number of sulfonamides is 1. The van der Waals surface area contributed by atoms with Crippen molar-refractivity contribution in [2.45, 2.75) is 17.1 Å². The van der Waals surface area contributed by atoms with Crippen LogP contribution in [0.5, 0.6) is 0 Å². The summed E-state index contributed by atoms with van der Waals surface area (Å²) in [7, 11) is -3.64. The number of halogens is 1. The van der Waals surface area contributed by atoms with Crippen LogP contribution in [0.1, 0.15) is 6.92 Å². The first kappa shape index (κ1) is 13.6. The number of nitrogens with two attached hydrogens (primary N) is 1. The number of benzene rings is 1. The van der Waals surface area contributed by atoms with Gasteiger partial charge in [-0.25, -0.2) is 12.8 Å². The Morgan fingerprint density at radius 2 is 2.17 bits per heavy atom. The molecule has 4 nitrogen and oxygen atoms in total. The third-order valence-electron chi connectivity index (χ3n) is 2.74. The standard InChI is InChI=1S/C11H15FN2O2S2/c1-8-7-14(2-3-17-8)18(15,16)11-5-9(12)4-10(13)6-11/h4-6,8H,2-3,7,13H2,1H3. The Morgan fingerprint density at radius 3 is 2.78 bits per heavy atom. The van der Waals surface area contributed by atoms with Crippen LogP contribution in [0.25, 0.3) is 0 Å². The maximum atomic E-state index is 13.2. The van der Waals surface area contributed by atoms with Crippen LogP contribution in [-0.2, 0) is 10.0 Å². The molecule has 7 heteroatoms. The fourth-order valence-corrected chi connectivity index (χ4v) is 4.71. The van der Waals surface area contributed by atoms with Crippen molar-refractivity contribution in [3.63, 3.8) is 0 Å². The lowest BCUT2D eigenvalue weighted by molar-refractivity contribution is 0.424. The van der Waals surface area contributed by atoms with E-state index in [2.05, 4.69) is 0 Å². The van der Waals surface area contributed by atoms with E-state index in [-0.39, 0.29) is 15.8 Å². The molecule has 2 rings (SSSR count). The van der Waals surface area contributed by atoms with E-state index in [9.17, 15) is 12.8 Å². The smallest absolute Gasteiger partial charge is 0.243 e. The summed E-state index contributed by atoms with van der Waals surface area (Å²) in [6, 6.07) is 3.41. The minimum atomic E-state index is -3.64. The van der Waals surface area contributed by atoms with Gasteiger partial charge in [0, 0.05) is 29.8 Å². The van der Waals surface area contributed by atoms with E-state index in [1.165, 1.54) is 10.4 Å². The molecule has 1 aromatic carbocycles. The highest BCUT2D eigenvalue weighted by Gasteiger charge is 2.29. The van der Waals surface area contributed by atoms with Crippen LogP contribution in [0.15, 0.2) is 23.1 Å². The van der Waals surface area contributed by atoms with Crippen molar-refractivity contribution in [2.75, 3.05) is 24.6 Å². The fourth-order valence-electron chi connectivity index (χ4n) is 1.89. The van der Waals surface area contributed by atoms with Crippen molar-refractivity contribution in [1.82, 2.24) is 4.31 Å². The summed E-state index contributed by atoms with van der Waals surface area (Å²) in [6.45, 7) is 2.88. The zero-order valence-electron chi connectivity index (χ0n) is 9.97. The molecule has 0 saturated carbocycles. The van der Waals surface area contributed by atoms with Crippen molar-refractivity contribution in [3.8, 4) is 0 Å². The largest absolute Gasteiger partial charge is 0.399 e. The van der Waals surface area contributed by atoms with Crippen molar-refractivity contribution in [3.05, 3.63) is 24.0 Å². The predicted octanol–water partition coefficient (Wildman–Crippen LogP) is 1.53. The average Bonchev–Trinajstić information content (AvgIpc) is 2.27. The van der Waals surface area contributed by atoms with Crippen molar-refractivity contribution >= 4 is 27.5 Å². The van der Waals surface area contributed by atoms with E-state index < -0.39 is 15.8 Å². The summed E-state index contributed by atoms with van der Waals surface area (Å²) >= 11 is 1.73. The van der Waals surface area contributed by atoms with Gasteiger partial charge in [-0.1, -0.05) is 6.92 Å². The van der Waals surface area contributed by atoms with Gasteiger partial charge in [-0.2, -0.15) is 16.1 Å². The summed E-state index contributed by atoms with van der Waals surface area (Å²) in [5.74, 6) is 0.124. The minimum Gasteiger partial charge on any atom is -0.399 e. The van der Waals surface area contributed by atoms with Gasteiger partial charge in [-0.15, -0.1) is 0 Å². The number of nitrogens with zero attached hydrogens (tertiary/aromatic N) is 1. The molecule has 18 heavy (non-hydrogen) atoms. The molecular weight excluding hydrogens is 275 g/mol.